The highest BCUT2D eigenvalue weighted by atomic mass is 19.1. The molecular weight excluding hydrogens is 195 g/mol. The lowest BCUT2D eigenvalue weighted by Gasteiger charge is -2.11. The molecule has 2 N–H and O–H groups in total. The lowest BCUT2D eigenvalue weighted by molar-refractivity contribution is 0.282. The number of halogens is 1. The van der Waals surface area contributed by atoms with Gasteiger partial charge >= 0.3 is 0 Å². The molecule has 84 valence electrons. The van der Waals surface area contributed by atoms with Crippen LogP contribution in [0.15, 0.2) is 18.2 Å². The van der Waals surface area contributed by atoms with Crippen LogP contribution in [0.25, 0.3) is 0 Å². The Kier molecular flexibility index (Phi) is 4.37. The van der Waals surface area contributed by atoms with Crippen LogP contribution in [0, 0.1) is 5.82 Å². The molecule has 1 aromatic carbocycles. The van der Waals surface area contributed by atoms with Crippen molar-refractivity contribution in [1.82, 2.24) is 4.90 Å². The third kappa shape index (κ3) is 4.16. The van der Waals surface area contributed by atoms with E-state index in [4.69, 9.17) is 10.5 Å². The molecule has 4 heteroatoms. The zero-order valence-electron chi connectivity index (χ0n) is 9.16. The van der Waals surface area contributed by atoms with Gasteiger partial charge in [-0.2, -0.15) is 0 Å². The van der Waals surface area contributed by atoms with E-state index in [1.807, 2.05) is 14.1 Å². The highest BCUT2D eigenvalue weighted by Gasteiger charge is 2.01. The van der Waals surface area contributed by atoms with Gasteiger partial charge in [0, 0.05) is 12.6 Å². The zero-order valence-corrected chi connectivity index (χ0v) is 9.16. The van der Waals surface area contributed by atoms with Crippen LogP contribution in [-0.4, -0.2) is 32.1 Å². The first-order valence-electron chi connectivity index (χ1n) is 4.92. The molecule has 0 unspecified atom stereocenters. The van der Waals surface area contributed by atoms with E-state index in [2.05, 4.69) is 4.90 Å². The fourth-order valence-corrected chi connectivity index (χ4v) is 1.20. The Bertz CT molecular complexity index is 315. The molecule has 0 bridgehead atoms. The summed E-state index contributed by atoms with van der Waals surface area (Å²) in [6, 6.07) is 4.14. The maximum absolute atomic E-state index is 12.8. The monoisotopic (exact) mass is 212 g/mol. The van der Waals surface area contributed by atoms with Crippen molar-refractivity contribution in [3.05, 3.63) is 24.0 Å². The summed E-state index contributed by atoms with van der Waals surface area (Å²) in [6.45, 7) is 1.49. The van der Waals surface area contributed by atoms with Gasteiger partial charge in [-0.25, -0.2) is 4.39 Å². The first kappa shape index (κ1) is 11.8. The van der Waals surface area contributed by atoms with Gasteiger partial charge < -0.3 is 15.4 Å². The topological polar surface area (TPSA) is 38.5 Å². The van der Waals surface area contributed by atoms with Gasteiger partial charge in [-0.1, -0.05) is 0 Å². The van der Waals surface area contributed by atoms with Crippen molar-refractivity contribution in [2.45, 2.75) is 6.42 Å². The summed E-state index contributed by atoms with van der Waals surface area (Å²) in [5.74, 6) is 0.0977. The Morgan fingerprint density at radius 1 is 1.40 bits per heavy atom. The van der Waals surface area contributed by atoms with Gasteiger partial charge in [0.1, 0.15) is 11.6 Å². The number of nitrogen functional groups attached to an aromatic ring is 1. The number of nitrogens with two attached hydrogens (primary N) is 1. The maximum Gasteiger partial charge on any atom is 0.145 e. The number of nitrogens with zero attached hydrogens (tertiary/aromatic N) is 1. The predicted octanol–water partition coefficient (Wildman–Crippen LogP) is 1.74. The molecule has 1 aromatic rings. The summed E-state index contributed by atoms with van der Waals surface area (Å²) in [5.41, 5.74) is 6.10. The Balaban J connectivity index is 2.40. The van der Waals surface area contributed by atoms with Crippen LogP contribution in [0.3, 0.4) is 0 Å². The van der Waals surface area contributed by atoms with E-state index in [-0.39, 0.29) is 5.82 Å². The average Bonchev–Trinajstić information content (AvgIpc) is 2.17. The van der Waals surface area contributed by atoms with Crippen LogP contribution >= 0.6 is 0 Å². The third-order valence-corrected chi connectivity index (χ3v) is 1.98. The molecule has 0 heterocycles. The van der Waals surface area contributed by atoms with Gasteiger partial charge in [-0.3, -0.25) is 0 Å². The second-order valence-electron chi connectivity index (χ2n) is 3.69. The minimum Gasteiger partial charge on any atom is -0.491 e. The van der Waals surface area contributed by atoms with E-state index in [0.717, 1.165) is 13.0 Å². The lowest BCUT2D eigenvalue weighted by Crippen LogP contribution is -2.15. The van der Waals surface area contributed by atoms with Gasteiger partial charge in [0.25, 0.3) is 0 Å². The number of rotatable bonds is 5. The summed E-state index contributed by atoms with van der Waals surface area (Å²) >= 11 is 0. The molecule has 0 fully saturated rings. The van der Waals surface area contributed by atoms with E-state index >= 15 is 0 Å². The Morgan fingerprint density at radius 2 is 2.13 bits per heavy atom. The summed E-state index contributed by atoms with van der Waals surface area (Å²) in [6.07, 6.45) is 0.892. The highest BCUT2D eigenvalue weighted by Crippen LogP contribution is 2.21. The molecule has 15 heavy (non-hydrogen) atoms. The Morgan fingerprint density at radius 3 is 2.80 bits per heavy atom. The van der Waals surface area contributed by atoms with Crippen LogP contribution < -0.4 is 10.5 Å². The van der Waals surface area contributed by atoms with Gasteiger partial charge in [0.2, 0.25) is 0 Å². The maximum atomic E-state index is 12.8. The molecule has 1 rings (SSSR count). The molecule has 0 amide bonds. The predicted molar refractivity (Wildman–Crippen MR) is 59.5 cm³/mol. The summed E-state index contributed by atoms with van der Waals surface area (Å²) in [4.78, 5) is 2.07. The molecular formula is C11H17FN2O. The van der Waals surface area contributed by atoms with Gasteiger partial charge in [-0.05, 0) is 32.6 Å². The molecule has 0 aliphatic heterocycles. The fourth-order valence-electron chi connectivity index (χ4n) is 1.20. The van der Waals surface area contributed by atoms with Gasteiger partial charge in [0.15, 0.2) is 0 Å². The SMILES string of the molecule is CN(C)CCCOc1cc(F)ccc1N. The standard InChI is InChI=1S/C11H17FN2O/c1-14(2)6-3-7-15-11-8-9(12)4-5-10(11)13/h4-5,8H,3,6-7,13H2,1-2H3. The normalized spacial score (nSPS) is 10.7. The summed E-state index contributed by atoms with van der Waals surface area (Å²) in [7, 11) is 3.99. The van der Waals surface area contributed by atoms with Gasteiger partial charge in [-0.15, -0.1) is 0 Å². The van der Waals surface area contributed by atoms with Crippen molar-refractivity contribution >= 4 is 5.69 Å². The molecule has 0 saturated carbocycles. The minimum atomic E-state index is -0.327. The number of benzene rings is 1. The first-order chi connectivity index (χ1) is 7.09. The number of hydrogen-bond acceptors (Lipinski definition) is 3. The fraction of sp³-hybridized carbons (Fsp3) is 0.455. The number of hydrogen-bond donors (Lipinski definition) is 1. The highest BCUT2D eigenvalue weighted by molar-refractivity contribution is 5.52. The first-order valence-corrected chi connectivity index (χ1v) is 4.92. The molecule has 0 saturated heterocycles. The number of ether oxygens (including phenoxy) is 1. The van der Waals surface area contributed by atoms with Crippen LogP contribution in [0.1, 0.15) is 6.42 Å². The largest absolute Gasteiger partial charge is 0.491 e. The van der Waals surface area contributed by atoms with Crippen LogP contribution in [0.2, 0.25) is 0 Å². The van der Waals surface area contributed by atoms with E-state index in [1.54, 1.807) is 0 Å². The molecule has 0 radical (unpaired) electrons. The molecule has 0 aliphatic carbocycles. The molecule has 0 aromatic heterocycles. The van der Waals surface area contributed by atoms with Crippen LogP contribution in [-0.2, 0) is 0 Å². The minimum absolute atomic E-state index is 0.327. The van der Waals surface area contributed by atoms with Crippen molar-refractivity contribution in [2.24, 2.45) is 0 Å². The molecule has 3 nitrogen and oxygen atoms in total. The summed E-state index contributed by atoms with van der Waals surface area (Å²) < 4.78 is 18.2. The van der Waals surface area contributed by atoms with E-state index in [9.17, 15) is 4.39 Å². The quantitative estimate of drug-likeness (QED) is 0.597. The van der Waals surface area contributed by atoms with E-state index < -0.39 is 0 Å². The Hall–Kier alpha value is -1.29. The molecule has 0 aliphatic rings. The lowest BCUT2D eigenvalue weighted by atomic mass is 10.3. The second kappa shape index (κ2) is 5.56. The number of anilines is 1. The Labute approximate surface area is 89.6 Å². The summed E-state index contributed by atoms with van der Waals surface area (Å²) in [5, 5.41) is 0. The third-order valence-electron chi connectivity index (χ3n) is 1.98. The van der Waals surface area contributed by atoms with Crippen molar-refractivity contribution in [2.75, 3.05) is 33.0 Å². The van der Waals surface area contributed by atoms with Crippen molar-refractivity contribution < 1.29 is 9.13 Å². The zero-order chi connectivity index (χ0) is 11.3. The molecule has 0 spiro atoms. The van der Waals surface area contributed by atoms with Crippen molar-refractivity contribution in [1.29, 1.82) is 0 Å². The van der Waals surface area contributed by atoms with Crippen LogP contribution in [0.5, 0.6) is 5.75 Å². The van der Waals surface area contributed by atoms with E-state index in [0.29, 0.717) is 18.0 Å². The molecule has 0 atom stereocenters. The van der Waals surface area contributed by atoms with Crippen molar-refractivity contribution in [3.63, 3.8) is 0 Å². The van der Waals surface area contributed by atoms with Crippen molar-refractivity contribution in [3.8, 4) is 5.75 Å². The second-order valence-corrected chi connectivity index (χ2v) is 3.69. The van der Waals surface area contributed by atoms with E-state index in [1.165, 1.54) is 18.2 Å². The average molecular weight is 212 g/mol. The van der Waals surface area contributed by atoms with Gasteiger partial charge in [0.05, 0.1) is 12.3 Å². The van der Waals surface area contributed by atoms with Crippen LogP contribution in [0.4, 0.5) is 10.1 Å². The smallest absolute Gasteiger partial charge is 0.145 e.